The number of hydrogen-bond acceptors (Lipinski definition) is 4. The van der Waals surface area contributed by atoms with Crippen molar-refractivity contribution in [2.45, 2.75) is 40.2 Å². The van der Waals surface area contributed by atoms with Gasteiger partial charge in [-0.3, -0.25) is 20.4 Å². The summed E-state index contributed by atoms with van der Waals surface area (Å²) in [5.74, 6) is -0.634. The molecule has 0 unspecified atom stereocenters. The fraction of sp³-hybridized carbons (Fsp3) is 0.471. The Labute approximate surface area is 147 Å². The number of urea groups is 1. The molecule has 4 amide bonds. The summed E-state index contributed by atoms with van der Waals surface area (Å²) >= 11 is 0. The standard InChI is InChI=1S/C17H26N4O4/c1-5-12(4)15(19-17(18)24)16(23)21-20-14(22)9-25-13-7-10(2)6-11(3)8-13/h6-8,12,15H,5,9H2,1-4H3,(H,20,22)(H,21,23)(H3,18,19,24)/t12-,15-/m0/s1. The smallest absolute Gasteiger partial charge is 0.312 e. The molecule has 0 saturated heterocycles. The zero-order valence-corrected chi connectivity index (χ0v) is 15.0. The van der Waals surface area contributed by atoms with E-state index in [1.54, 1.807) is 6.92 Å². The molecule has 0 bridgehead atoms. The summed E-state index contributed by atoms with van der Waals surface area (Å²) in [5, 5.41) is 2.37. The second kappa shape index (κ2) is 9.51. The molecule has 8 nitrogen and oxygen atoms in total. The number of amides is 4. The first-order valence-corrected chi connectivity index (χ1v) is 8.08. The van der Waals surface area contributed by atoms with Crippen LogP contribution < -0.4 is 26.6 Å². The third kappa shape index (κ3) is 7.11. The van der Waals surface area contributed by atoms with Crippen LogP contribution in [0.2, 0.25) is 0 Å². The van der Waals surface area contributed by atoms with E-state index < -0.39 is 23.9 Å². The molecule has 0 radical (unpaired) electrons. The van der Waals surface area contributed by atoms with Crippen molar-refractivity contribution in [1.82, 2.24) is 16.2 Å². The van der Waals surface area contributed by atoms with Crippen LogP contribution in [0.3, 0.4) is 0 Å². The van der Waals surface area contributed by atoms with E-state index in [1.165, 1.54) is 0 Å². The largest absolute Gasteiger partial charge is 0.484 e. The predicted octanol–water partition coefficient (Wildman–Crippen LogP) is 0.913. The van der Waals surface area contributed by atoms with E-state index in [2.05, 4.69) is 16.2 Å². The summed E-state index contributed by atoms with van der Waals surface area (Å²) in [4.78, 5) is 34.9. The van der Waals surface area contributed by atoms with Crippen LogP contribution in [0.25, 0.3) is 0 Å². The molecule has 0 aliphatic heterocycles. The van der Waals surface area contributed by atoms with Crippen molar-refractivity contribution >= 4 is 17.8 Å². The van der Waals surface area contributed by atoms with Gasteiger partial charge in [0.2, 0.25) is 0 Å². The Kier molecular flexibility index (Phi) is 7.71. The third-order valence-corrected chi connectivity index (χ3v) is 3.68. The molecule has 0 spiro atoms. The first-order chi connectivity index (χ1) is 11.7. The molecule has 1 aromatic rings. The van der Waals surface area contributed by atoms with Gasteiger partial charge in [0.25, 0.3) is 11.8 Å². The molecule has 1 rings (SSSR count). The lowest BCUT2D eigenvalue weighted by Crippen LogP contribution is -2.56. The number of benzene rings is 1. The number of aryl methyl sites for hydroxylation is 2. The first kappa shape index (κ1) is 20.3. The molecule has 0 heterocycles. The summed E-state index contributed by atoms with van der Waals surface area (Å²) in [5.41, 5.74) is 11.7. The lowest BCUT2D eigenvalue weighted by molar-refractivity contribution is -0.131. The number of ether oxygens (including phenoxy) is 1. The average Bonchev–Trinajstić information content (AvgIpc) is 2.54. The highest BCUT2D eigenvalue weighted by Gasteiger charge is 2.25. The van der Waals surface area contributed by atoms with Crippen LogP contribution in [0.4, 0.5) is 4.79 Å². The molecule has 5 N–H and O–H groups in total. The van der Waals surface area contributed by atoms with Crippen LogP contribution in [-0.4, -0.2) is 30.5 Å². The normalized spacial score (nSPS) is 12.6. The number of nitrogens with two attached hydrogens (primary N) is 1. The molecule has 0 saturated carbocycles. The van der Waals surface area contributed by atoms with E-state index >= 15 is 0 Å². The summed E-state index contributed by atoms with van der Waals surface area (Å²) in [6.07, 6.45) is 0.655. The number of carbonyl (C=O) groups excluding carboxylic acids is 3. The van der Waals surface area contributed by atoms with Crippen LogP contribution in [0.5, 0.6) is 5.75 Å². The quantitative estimate of drug-likeness (QED) is 0.546. The topological polar surface area (TPSA) is 123 Å². The van der Waals surface area contributed by atoms with Crippen LogP contribution in [0, 0.1) is 19.8 Å². The van der Waals surface area contributed by atoms with Crippen molar-refractivity contribution in [3.8, 4) is 5.75 Å². The number of hydrazine groups is 1. The van der Waals surface area contributed by atoms with Crippen molar-refractivity contribution in [1.29, 1.82) is 0 Å². The Morgan fingerprint density at radius 3 is 2.24 bits per heavy atom. The van der Waals surface area contributed by atoms with E-state index in [4.69, 9.17) is 10.5 Å². The molecule has 138 valence electrons. The van der Waals surface area contributed by atoms with Gasteiger partial charge in [-0.25, -0.2) is 4.79 Å². The SMILES string of the molecule is CC[C@H](C)[C@H](NC(N)=O)C(=O)NNC(=O)COc1cc(C)cc(C)c1. The second-order valence-electron chi connectivity index (χ2n) is 6.02. The molecule has 0 aliphatic rings. The molecule has 1 aromatic carbocycles. The van der Waals surface area contributed by atoms with Gasteiger partial charge >= 0.3 is 6.03 Å². The maximum atomic E-state index is 12.1. The fourth-order valence-corrected chi connectivity index (χ4v) is 2.27. The molecular formula is C17H26N4O4. The van der Waals surface area contributed by atoms with Crippen molar-refractivity contribution in [3.63, 3.8) is 0 Å². The van der Waals surface area contributed by atoms with E-state index in [0.29, 0.717) is 12.2 Å². The molecule has 0 aromatic heterocycles. The number of carbonyl (C=O) groups is 3. The van der Waals surface area contributed by atoms with E-state index in [9.17, 15) is 14.4 Å². The lowest BCUT2D eigenvalue weighted by atomic mass is 9.99. The number of nitrogens with one attached hydrogen (secondary N) is 3. The van der Waals surface area contributed by atoms with E-state index in [1.807, 2.05) is 39.0 Å². The fourth-order valence-electron chi connectivity index (χ4n) is 2.27. The maximum absolute atomic E-state index is 12.1. The highest BCUT2D eigenvalue weighted by molar-refractivity contribution is 5.88. The van der Waals surface area contributed by atoms with Gasteiger partial charge in [-0.05, 0) is 43.0 Å². The number of rotatable bonds is 7. The predicted molar refractivity (Wildman–Crippen MR) is 93.7 cm³/mol. The maximum Gasteiger partial charge on any atom is 0.312 e. The molecular weight excluding hydrogens is 324 g/mol. The monoisotopic (exact) mass is 350 g/mol. The van der Waals surface area contributed by atoms with Crippen LogP contribution in [0.1, 0.15) is 31.4 Å². The Morgan fingerprint density at radius 1 is 1.12 bits per heavy atom. The van der Waals surface area contributed by atoms with Gasteiger partial charge in [-0.1, -0.05) is 26.3 Å². The molecule has 8 heteroatoms. The molecule has 25 heavy (non-hydrogen) atoms. The minimum absolute atomic E-state index is 0.143. The van der Waals surface area contributed by atoms with Gasteiger partial charge in [-0.2, -0.15) is 0 Å². The lowest BCUT2D eigenvalue weighted by Gasteiger charge is -2.22. The second-order valence-corrected chi connectivity index (χ2v) is 6.02. The third-order valence-electron chi connectivity index (χ3n) is 3.68. The summed E-state index contributed by atoms with van der Waals surface area (Å²) in [6, 6.07) is 3.99. The van der Waals surface area contributed by atoms with Gasteiger partial charge in [0.1, 0.15) is 11.8 Å². The van der Waals surface area contributed by atoms with Gasteiger partial charge < -0.3 is 15.8 Å². The Morgan fingerprint density at radius 2 is 1.72 bits per heavy atom. The highest BCUT2D eigenvalue weighted by atomic mass is 16.5. The van der Waals surface area contributed by atoms with Gasteiger partial charge in [0.05, 0.1) is 0 Å². The van der Waals surface area contributed by atoms with Gasteiger partial charge in [-0.15, -0.1) is 0 Å². The average molecular weight is 350 g/mol. The Hall–Kier alpha value is -2.77. The van der Waals surface area contributed by atoms with Crippen LogP contribution >= 0.6 is 0 Å². The minimum Gasteiger partial charge on any atom is -0.484 e. The summed E-state index contributed by atoms with van der Waals surface area (Å²) < 4.78 is 5.40. The van der Waals surface area contributed by atoms with E-state index in [0.717, 1.165) is 11.1 Å². The van der Waals surface area contributed by atoms with Crippen molar-refractivity contribution in [2.75, 3.05) is 6.61 Å². The number of hydrogen-bond donors (Lipinski definition) is 4. The molecule has 2 atom stereocenters. The van der Waals surface area contributed by atoms with Gasteiger partial charge in [0.15, 0.2) is 6.61 Å². The zero-order valence-electron chi connectivity index (χ0n) is 15.0. The van der Waals surface area contributed by atoms with Crippen molar-refractivity contribution in [2.24, 2.45) is 11.7 Å². The van der Waals surface area contributed by atoms with E-state index in [-0.39, 0.29) is 12.5 Å². The molecule has 0 fully saturated rings. The summed E-state index contributed by atoms with van der Waals surface area (Å²) in [7, 11) is 0. The summed E-state index contributed by atoms with van der Waals surface area (Å²) in [6.45, 7) is 7.29. The Bertz CT molecular complexity index is 613. The van der Waals surface area contributed by atoms with Gasteiger partial charge in [0, 0.05) is 0 Å². The number of primary amides is 1. The van der Waals surface area contributed by atoms with Crippen molar-refractivity contribution in [3.05, 3.63) is 29.3 Å². The first-order valence-electron chi connectivity index (χ1n) is 8.08. The van der Waals surface area contributed by atoms with Crippen LogP contribution in [0.15, 0.2) is 18.2 Å². The van der Waals surface area contributed by atoms with Crippen molar-refractivity contribution < 1.29 is 19.1 Å². The van der Waals surface area contributed by atoms with Crippen LogP contribution in [-0.2, 0) is 9.59 Å². The Balaban J connectivity index is 2.50. The molecule has 0 aliphatic carbocycles. The zero-order chi connectivity index (χ0) is 19.0. The highest BCUT2D eigenvalue weighted by Crippen LogP contribution is 2.15. The minimum atomic E-state index is -0.830.